The molecule has 214 valence electrons. The number of piperazine rings is 1. The molecule has 6 rings (SSSR count). The number of nitrogens with zero attached hydrogens (tertiary/aromatic N) is 1. The molecule has 7 heteroatoms. The Hall–Kier alpha value is -3.00. The monoisotopic (exact) mass is 617 g/mol. The van der Waals surface area contributed by atoms with Crippen LogP contribution in [0, 0.1) is 12.7 Å². The highest BCUT2D eigenvalue weighted by atomic mass is 79.9. The minimum Gasteiger partial charge on any atom is -0.492 e. The predicted octanol–water partition coefficient (Wildman–Crippen LogP) is 6.19. The molecule has 2 unspecified atom stereocenters. The summed E-state index contributed by atoms with van der Waals surface area (Å²) < 4.78 is 20.1. The normalized spacial score (nSPS) is 20.2. The molecule has 3 aromatic rings. The zero-order valence-corrected chi connectivity index (χ0v) is 25.1. The molecule has 2 N–H and O–H groups in total. The van der Waals surface area contributed by atoms with Crippen LogP contribution in [0.3, 0.4) is 0 Å². The Morgan fingerprint density at radius 2 is 1.88 bits per heavy atom. The third-order valence-corrected chi connectivity index (χ3v) is 9.10. The van der Waals surface area contributed by atoms with Crippen LogP contribution in [0.5, 0.6) is 5.75 Å². The van der Waals surface area contributed by atoms with E-state index in [2.05, 4.69) is 86.9 Å². The van der Waals surface area contributed by atoms with Crippen LogP contribution >= 0.6 is 15.9 Å². The Bertz CT molecular complexity index is 1440. The first-order chi connectivity index (χ1) is 20.0. The highest BCUT2D eigenvalue weighted by molar-refractivity contribution is 9.10. The largest absolute Gasteiger partial charge is 0.492 e. The molecule has 2 heterocycles. The smallest absolute Gasteiger partial charge is 0.252 e. The Kier molecular flexibility index (Phi) is 8.56. The van der Waals surface area contributed by atoms with Gasteiger partial charge in [0.05, 0.1) is 17.1 Å². The zero-order chi connectivity index (χ0) is 28.3. The number of rotatable bonds is 10. The van der Waals surface area contributed by atoms with Crippen LogP contribution in [-0.4, -0.2) is 48.6 Å². The number of amides is 1. The summed E-state index contributed by atoms with van der Waals surface area (Å²) in [5, 5.41) is 7.27. The van der Waals surface area contributed by atoms with E-state index >= 15 is 0 Å². The number of benzene rings is 3. The summed E-state index contributed by atoms with van der Waals surface area (Å²) in [6, 6.07) is 22.2. The van der Waals surface area contributed by atoms with Crippen LogP contribution in [0.2, 0.25) is 0 Å². The molecule has 2 bridgehead atoms. The number of carbonyl (C=O) groups excluding carboxylic acids is 1. The SMILES string of the molecule is Cc1ccccc1CN(C(=O)C1=C(c2ccc(CCCOc3cc(F)ccc3Br)cc2)CC2CNCC1N2)C1CC1. The molecule has 2 aliphatic heterocycles. The Balaban J connectivity index is 1.19. The molecule has 0 aromatic heterocycles. The minimum absolute atomic E-state index is 0.0158. The number of aryl methyl sites for hydroxylation is 2. The van der Waals surface area contributed by atoms with Crippen molar-refractivity contribution >= 4 is 27.4 Å². The lowest BCUT2D eigenvalue weighted by Crippen LogP contribution is -2.60. The van der Waals surface area contributed by atoms with Gasteiger partial charge in [0.15, 0.2) is 0 Å². The van der Waals surface area contributed by atoms with E-state index in [4.69, 9.17) is 4.74 Å². The van der Waals surface area contributed by atoms with Gasteiger partial charge in [0.25, 0.3) is 5.91 Å². The summed E-state index contributed by atoms with van der Waals surface area (Å²) in [5.41, 5.74) is 6.92. The first kappa shape index (κ1) is 28.1. The van der Waals surface area contributed by atoms with E-state index in [1.807, 2.05) is 0 Å². The molecule has 2 atom stereocenters. The molecule has 41 heavy (non-hydrogen) atoms. The molecular weight excluding hydrogens is 581 g/mol. The van der Waals surface area contributed by atoms with Gasteiger partial charge in [-0.2, -0.15) is 0 Å². The van der Waals surface area contributed by atoms with Crippen molar-refractivity contribution < 1.29 is 13.9 Å². The van der Waals surface area contributed by atoms with E-state index in [9.17, 15) is 9.18 Å². The number of fused-ring (bicyclic) bond motifs is 2. The fraction of sp³-hybridized carbons (Fsp3) is 0.382. The quantitative estimate of drug-likeness (QED) is 0.267. The number of ether oxygens (including phenoxy) is 1. The first-order valence-corrected chi connectivity index (χ1v) is 15.5. The molecule has 1 aliphatic carbocycles. The molecule has 3 aliphatic rings. The summed E-state index contributed by atoms with van der Waals surface area (Å²) in [6.07, 6.45) is 4.68. The van der Waals surface area contributed by atoms with Gasteiger partial charge in [-0.25, -0.2) is 4.39 Å². The molecule has 1 saturated carbocycles. The summed E-state index contributed by atoms with van der Waals surface area (Å²) in [6.45, 7) is 4.97. The van der Waals surface area contributed by atoms with Gasteiger partial charge >= 0.3 is 0 Å². The van der Waals surface area contributed by atoms with Crippen LogP contribution in [0.25, 0.3) is 5.57 Å². The standard InChI is InChI=1S/C34H37BrFN3O2/c1-22-5-2-3-7-25(22)21-39(28-13-14-28)34(40)33-29(18-27-19-37-20-31(33)38-27)24-10-8-23(9-11-24)6-4-16-41-32-17-26(36)12-15-30(32)35/h2-3,5,7-12,15,17,27-28,31,37-38H,4,6,13-14,16,18-21H2,1H3. The molecule has 1 saturated heterocycles. The van der Waals surface area contributed by atoms with Gasteiger partial charge in [-0.3, -0.25) is 4.79 Å². The van der Waals surface area contributed by atoms with Crippen LogP contribution in [0.1, 0.15) is 47.9 Å². The number of hydrogen-bond acceptors (Lipinski definition) is 4. The van der Waals surface area contributed by atoms with Gasteiger partial charge in [0, 0.05) is 43.4 Å². The third kappa shape index (κ3) is 6.58. The van der Waals surface area contributed by atoms with E-state index in [0.29, 0.717) is 31.0 Å². The topological polar surface area (TPSA) is 53.6 Å². The second-order valence-corrected chi connectivity index (χ2v) is 12.3. The molecule has 0 spiro atoms. The van der Waals surface area contributed by atoms with Gasteiger partial charge in [-0.1, -0.05) is 48.5 Å². The zero-order valence-electron chi connectivity index (χ0n) is 23.5. The second kappa shape index (κ2) is 12.5. The van der Waals surface area contributed by atoms with E-state index in [0.717, 1.165) is 60.8 Å². The van der Waals surface area contributed by atoms with Crippen LogP contribution in [-0.2, 0) is 17.8 Å². The molecule has 1 amide bonds. The van der Waals surface area contributed by atoms with Gasteiger partial charge in [0.1, 0.15) is 11.6 Å². The molecule has 0 radical (unpaired) electrons. The molecular formula is C34H37BrFN3O2. The predicted molar refractivity (Wildman–Crippen MR) is 164 cm³/mol. The lowest BCUT2D eigenvalue weighted by Gasteiger charge is -2.41. The van der Waals surface area contributed by atoms with Gasteiger partial charge < -0.3 is 20.3 Å². The van der Waals surface area contributed by atoms with Crippen molar-refractivity contribution in [3.8, 4) is 5.75 Å². The van der Waals surface area contributed by atoms with Crippen molar-refractivity contribution in [1.82, 2.24) is 15.5 Å². The Morgan fingerprint density at radius 3 is 2.66 bits per heavy atom. The lowest BCUT2D eigenvalue weighted by molar-refractivity contribution is -0.128. The number of halogens is 2. The van der Waals surface area contributed by atoms with Crippen LogP contribution in [0.15, 0.2) is 76.8 Å². The van der Waals surface area contributed by atoms with E-state index in [1.165, 1.54) is 34.4 Å². The van der Waals surface area contributed by atoms with Crippen molar-refractivity contribution in [3.05, 3.63) is 105 Å². The van der Waals surface area contributed by atoms with Gasteiger partial charge in [0.2, 0.25) is 0 Å². The van der Waals surface area contributed by atoms with E-state index in [1.54, 1.807) is 6.07 Å². The van der Waals surface area contributed by atoms with Gasteiger partial charge in [-0.05, 0) is 94.9 Å². The number of hydrogen-bond donors (Lipinski definition) is 2. The van der Waals surface area contributed by atoms with E-state index in [-0.39, 0.29) is 17.8 Å². The lowest BCUT2D eigenvalue weighted by atomic mass is 9.83. The van der Waals surface area contributed by atoms with Crippen molar-refractivity contribution in [1.29, 1.82) is 0 Å². The number of nitrogens with one attached hydrogen (secondary N) is 2. The fourth-order valence-corrected chi connectivity index (χ4v) is 6.40. The van der Waals surface area contributed by atoms with E-state index < -0.39 is 0 Å². The Morgan fingerprint density at radius 1 is 1.07 bits per heavy atom. The van der Waals surface area contributed by atoms with Gasteiger partial charge in [-0.15, -0.1) is 0 Å². The molecule has 5 nitrogen and oxygen atoms in total. The summed E-state index contributed by atoms with van der Waals surface area (Å²) in [4.78, 5) is 16.5. The number of carbonyl (C=O) groups is 1. The van der Waals surface area contributed by atoms with Crippen LogP contribution < -0.4 is 15.4 Å². The van der Waals surface area contributed by atoms with Crippen molar-refractivity contribution in [2.75, 3.05) is 19.7 Å². The maximum Gasteiger partial charge on any atom is 0.252 e. The van der Waals surface area contributed by atoms with Crippen molar-refractivity contribution in [3.63, 3.8) is 0 Å². The highest BCUT2D eigenvalue weighted by Crippen LogP contribution is 2.36. The maximum atomic E-state index is 14.3. The summed E-state index contributed by atoms with van der Waals surface area (Å²) in [5.74, 6) is 0.396. The third-order valence-electron chi connectivity index (χ3n) is 8.44. The Labute approximate surface area is 250 Å². The first-order valence-electron chi connectivity index (χ1n) is 14.7. The van der Waals surface area contributed by atoms with Crippen molar-refractivity contribution in [2.24, 2.45) is 0 Å². The second-order valence-electron chi connectivity index (χ2n) is 11.5. The maximum absolute atomic E-state index is 14.3. The summed E-state index contributed by atoms with van der Waals surface area (Å²) >= 11 is 3.41. The minimum atomic E-state index is -0.306. The van der Waals surface area contributed by atoms with Crippen LogP contribution in [0.4, 0.5) is 4.39 Å². The molecule has 2 fully saturated rings. The molecule has 3 aromatic carbocycles. The highest BCUT2D eigenvalue weighted by Gasteiger charge is 2.41. The average Bonchev–Trinajstić information content (AvgIpc) is 3.82. The fourth-order valence-electron chi connectivity index (χ4n) is 6.04. The van der Waals surface area contributed by atoms with Crippen molar-refractivity contribution in [2.45, 2.75) is 63.7 Å². The summed E-state index contributed by atoms with van der Waals surface area (Å²) in [7, 11) is 0. The average molecular weight is 619 g/mol.